The number of carbonyl (C=O) groups excluding carboxylic acids is 1. The molecule has 1 saturated heterocycles. The molecule has 2 aromatic carbocycles. The Hall–Kier alpha value is -2.73. The summed E-state index contributed by atoms with van der Waals surface area (Å²) >= 11 is 1.38. The molecule has 1 atom stereocenters. The summed E-state index contributed by atoms with van der Waals surface area (Å²) in [4.78, 5) is 20.5. The normalized spacial score (nSPS) is 21.8. The molecule has 2 aliphatic heterocycles. The number of aliphatic imine (C=N–C) groups is 1. The fourth-order valence-corrected chi connectivity index (χ4v) is 6.10. The summed E-state index contributed by atoms with van der Waals surface area (Å²) in [6, 6.07) is 12.6. The molecule has 4 rings (SSSR count). The van der Waals surface area contributed by atoms with Gasteiger partial charge in [0, 0.05) is 17.3 Å². The van der Waals surface area contributed by atoms with Crippen molar-refractivity contribution in [3.63, 3.8) is 0 Å². The molecular formula is C28H35N3O2S. The lowest BCUT2D eigenvalue weighted by atomic mass is 9.78. The Morgan fingerprint density at radius 2 is 1.97 bits per heavy atom. The van der Waals surface area contributed by atoms with Gasteiger partial charge in [0.1, 0.15) is 5.75 Å². The second-order valence-corrected chi connectivity index (χ2v) is 11.1. The van der Waals surface area contributed by atoms with Crippen LogP contribution in [0.5, 0.6) is 5.75 Å². The number of hydrogen-bond donors (Lipinski definition) is 1. The molecule has 2 aromatic rings. The van der Waals surface area contributed by atoms with Gasteiger partial charge in [-0.15, -0.1) is 0 Å². The van der Waals surface area contributed by atoms with Crippen LogP contribution < -0.4 is 15.0 Å². The van der Waals surface area contributed by atoms with Crippen LogP contribution in [0.2, 0.25) is 0 Å². The molecule has 0 aromatic heterocycles. The number of ether oxygens (including phenoxy) is 1. The molecule has 1 fully saturated rings. The van der Waals surface area contributed by atoms with Crippen molar-refractivity contribution in [2.45, 2.75) is 72.4 Å². The lowest BCUT2D eigenvalue weighted by Gasteiger charge is -2.50. The van der Waals surface area contributed by atoms with Crippen molar-refractivity contribution in [1.29, 1.82) is 0 Å². The van der Waals surface area contributed by atoms with Crippen molar-refractivity contribution in [2.24, 2.45) is 4.99 Å². The SMILES string of the molecule is CCOc1ccc(N=C2NC(=O)/C(=C/c3cc4c(cc3C)N(C(C)C)C(C)(C)C[C@H]4C)S2)cc1. The van der Waals surface area contributed by atoms with Crippen molar-refractivity contribution in [3.05, 3.63) is 58.0 Å². The molecule has 180 valence electrons. The standard InChI is InChI=1S/C28H35N3O2S/c1-8-33-22-11-9-21(10-12-22)29-27-30-26(32)25(34-27)15-20-14-23-19(5)16-28(6,7)31(17(2)3)24(23)13-18(20)4/h9-15,17,19H,8,16H2,1-7H3,(H,29,30,32)/b25-15-/t19-/m1/s1. The Bertz CT molecular complexity index is 1150. The van der Waals surface area contributed by atoms with E-state index in [0.717, 1.165) is 23.4 Å². The van der Waals surface area contributed by atoms with E-state index in [1.165, 1.54) is 28.6 Å². The quantitative estimate of drug-likeness (QED) is 0.482. The van der Waals surface area contributed by atoms with E-state index in [-0.39, 0.29) is 11.4 Å². The van der Waals surface area contributed by atoms with E-state index in [1.807, 2.05) is 37.3 Å². The molecule has 1 N–H and O–H groups in total. The first-order chi connectivity index (χ1) is 16.1. The number of nitrogens with one attached hydrogen (secondary N) is 1. The third-order valence-corrected chi connectivity index (χ3v) is 7.41. The Kier molecular flexibility index (Phi) is 6.81. The maximum Gasteiger partial charge on any atom is 0.264 e. The maximum atomic E-state index is 12.7. The van der Waals surface area contributed by atoms with Crippen LogP contribution in [-0.4, -0.2) is 29.3 Å². The number of benzene rings is 2. The Morgan fingerprint density at radius 1 is 1.26 bits per heavy atom. The molecule has 1 amide bonds. The van der Waals surface area contributed by atoms with Crippen LogP contribution in [0.3, 0.4) is 0 Å². The molecule has 0 bridgehead atoms. The Balaban J connectivity index is 1.62. The minimum absolute atomic E-state index is 0.107. The van der Waals surface area contributed by atoms with Crippen LogP contribution in [0.15, 0.2) is 46.3 Å². The first kappa shape index (κ1) is 24.4. The van der Waals surface area contributed by atoms with E-state index >= 15 is 0 Å². The maximum absolute atomic E-state index is 12.7. The highest BCUT2D eigenvalue weighted by Gasteiger charge is 2.38. The third-order valence-electron chi connectivity index (χ3n) is 6.50. The number of aryl methyl sites for hydroxylation is 1. The minimum Gasteiger partial charge on any atom is -0.494 e. The molecule has 34 heavy (non-hydrogen) atoms. The molecule has 0 aliphatic carbocycles. The van der Waals surface area contributed by atoms with Crippen molar-refractivity contribution < 1.29 is 9.53 Å². The average Bonchev–Trinajstić information content (AvgIpc) is 3.08. The van der Waals surface area contributed by atoms with Gasteiger partial charge in [0.2, 0.25) is 0 Å². The summed E-state index contributed by atoms with van der Waals surface area (Å²) in [7, 11) is 0. The number of nitrogens with zero attached hydrogens (tertiary/aromatic N) is 2. The first-order valence-corrected chi connectivity index (χ1v) is 12.9. The monoisotopic (exact) mass is 477 g/mol. The van der Waals surface area contributed by atoms with Gasteiger partial charge in [-0.05, 0) is 125 Å². The fourth-order valence-electron chi connectivity index (χ4n) is 5.27. The lowest BCUT2D eigenvalue weighted by Crippen LogP contribution is -2.51. The number of hydrogen-bond acceptors (Lipinski definition) is 5. The topological polar surface area (TPSA) is 53.9 Å². The molecule has 0 saturated carbocycles. The second-order valence-electron chi connectivity index (χ2n) is 10.1. The van der Waals surface area contributed by atoms with Crippen LogP contribution in [0, 0.1) is 6.92 Å². The summed E-state index contributed by atoms with van der Waals surface area (Å²) in [6.07, 6.45) is 3.11. The number of fused-ring (bicyclic) bond motifs is 1. The van der Waals surface area contributed by atoms with Gasteiger partial charge in [0.05, 0.1) is 17.2 Å². The number of anilines is 1. The molecule has 6 heteroatoms. The first-order valence-electron chi connectivity index (χ1n) is 12.1. The summed E-state index contributed by atoms with van der Waals surface area (Å²) in [5.74, 6) is 1.16. The number of rotatable bonds is 5. The summed E-state index contributed by atoms with van der Waals surface area (Å²) in [5, 5.41) is 3.50. The average molecular weight is 478 g/mol. The van der Waals surface area contributed by atoms with Crippen LogP contribution in [-0.2, 0) is 4.79 Å². The zero-order valence-electron chi connectivity index (χ0n) is 21.2. The molecule has 0 radical (unpaired) electrons. The van der Waals surface area contributed by atoms with E-state index in [2.05, 4.69) is 68.9 Å². The van der Waals surface area contributed by atoms with Gasteiger partial charge >= 0.3 is 0 Å². The van der Waals surface area contributed by atoms with Crippen molar-refractivity contribution >= 4 is 40.3 Å². The molecular weight excluding hydrogens is 442 g/mol. The fraction of sp³-hybridized carbons (Fsp3) is 0.429. The summed E-state index contributed by atoms with van der Waals surface area (Å²) in [5.41, 5.74) is 5.83. The van der Waals surface area contributed by atoms with Crippen LogP contribution in [0.4, 0.5) is 11.4 Å². The van der Waals surface area contributed by atoms with Gasteiger partial charge in [0.25, 0.3) is 5.91 Å². The van der Waals surface area contributed by atoms with E-state index in [1.54, 1.807) is 0 Å². The molecule has 0 spiro atoms. The van der Waals surface area contributed by atoms with E-state index < -0.39 is 0 Å². The number of amidine groups is 1. The van der Waals surface area contributed by atoms with Gasteiger partial charge in [0.15, 0.2) is 5.17 Å². The molecule has 2 heterocycles. The highest BCUT2D eigenvalue weighted by Crippen LogP contribution is 2.45. The third kappa shape index (κ3) is 4.88. The van der Waals surface area contributed by atoms with Crippen LogP contribution in [0.25, 0.3) is 6.08 Å². The highest BCUT2D eigenvalue weighted by atomic mass is 32.2. The zero-order chi connectivity index (χ0) is 24.6. The number of carbonyl (C=O) groups is 1. The van der Waals surface area contributed by atoms with Crippen molar-refractivity contribution in [1.82, 2.24) is 5.32 Å². The molecule has 0 unspecified atom stereocenters. The summed E-state index contributed by atoms with van der Waals surface area (Å²) < 4.78 is 5.48. The second kappa shape index (κ2) is 9.49. The smallest absolute Gasteiger partial charge is 0.264 e. The Labute approximate surface area is 207 Å². The van der Waals surface area contributed by atoms with Gasteiger partial charge in [-0.2, -0.15) is 0 Å². The minimum atomic E-state index is -0.107. The summed E-state index contributed by atoms with van der Waals surface area (Å²) in [6.45, 7) is 16.2. The van der Waals surface area contributed by atoms with Gasteiger partial charge in [-0.3, -0.25) is 4.79 Å². The largest absolute Gasteiger partial charge is 0.494 e. The zero-order valence-corrected chi connectivity index (χ0v) is 22.0. The van der Waals surface area contributed by atoms with Gasteiger partial charge in [-0.25, -0.2) is 4.99 Å². The van der Waals surface area contributed by atoms with Crippen molar-refractivity contribution in [3.8, 4) is 5.75 Å². The number of thioether (sulfide) groups is 1. The van der Waals surface area contributed by atoms with Gasteiger partial charge in [-0.1, -0.05) is 6.92 Å². The predicted octanol–water partition coefficient (Wildman–Crippen LogP) is 6.79. The lowest BCUT2D eigenvalue weighted by molar-refractivity contribution is -0.115. The van der Waals surface area contributed by atoms with E-state index in [4.69, 9.17) is 4.74 Å². The van der Waals surface area contributed by atoms with Crippen LogP contribution >= 0.6 is 11.8 Å². The number of amides is 1. The van der Waals surface area contributed by atoms with E-state index in [9.17, 15) is 4.79 Å². The van der Waals surface area contributed by atoms with E-state index in [0.29, 0.717) is 28.6 Å². The Morgan fingerprint density at radius 3 is 2.62 bits per heavy atom. The van der Waals surface area contributed by atoms with Crippen LogP contribution in [0.1, 0.15) is 70.6 Å². The molecule has 2 aliphatic rings. The highest BCUT2D eigenvalue weighted by molar-refractivity contribution is 8.18. The van der Waals surface area contributed by atoms with Crippen molar-refractivity contribution in [2.75, 3.05) is 11.5 Å². The molecule has 5 nitrogen and oxygen atoms in total. The van der Waals surface area contributed by atoms with Gasteiger partial charge < -0.3 is 15.0 Å². The predicted molar refractivity (Wildman–Crippen MR) is 144 cm³/mol.